The van der Waals surface area contributed by atoms with Gasteiger partial charge < -0.3 is 5.32 Å². The SMILES string of the molecule is CCCCS(=O)(=O)N(C)Cc1csc(NC(=O)NCc2cccc(F)c2)n1. The summed E-state index contributed by atoms with van der Waals surface area (Å²) in [4.78, 5) is 16.2. The van der Waals surface area contributed by atoms with Gasteiger partial charge in [-0.25, -0.2) is 22.6 Å². The predicted molar refractivity (Wildman–Crippen MR) is 105 cm³/mol. The van der Waals surface area contributed by atoms with Crippen molar-refractivity contribution in [2.45, 2.75) is 32.9 Å². The minimum atomic E-state index is -3.31. The van der Waals surface area contributed by atoms with Crippen molar-refractivity contribution in [1.29, 1.82) is 0 Å². The highest BCUT2D eigenvalue weighted by molar-refractivity contribution is 7.89. The number of urea groups is 1. The first-order chi connectivity index (χ1) is 12.8. The molecule has 1 aromatic heterocycles. The van der Waals surface area contributed by atoms with Gasteiger partial charge in [-0.3, -0.25) is 5.32 Å². The van der Waals surface area contributed by atoms with Crippen molar-refractivity contribution in [3.05, 3.63) is 46.7 Å². The molecule has 0 aliphatic heterocycles. The second-order valence-electron chi connectivity index (χ2n) is 6.01. The van der Waals surface area contributed by atoms with Crippen molar-refractivity contribution in [2.75, 3.05) is 18.1 Å². The third kappa shape index (κ3) is 6.89. The molecular weight excluding hydrogens is 391 g/mol. The zero-order valence-corrected chi connectivity index (χ0v) is 16.9. The summed E-state index contributed by atoms with van der Waals surface area (Å²) < 4.78 is 38.6. The highest BCUT2D eigenvalue weighted by Gasteiger charge is 2.18. The van der Waals surface area contributed by atoms with Gasteiger partial charge in [-0.05, 0) is 24.1 Å². The number of anilines is 1. The Morgan fingerprint density at radius 1 is 1.37 bits per heavy atom. The summed E-state index contributed by atoms with van der Waals surface area (Å²) in [7, 11) is -1.79. The number of hydrogen-bond acceptors (Lipinski definition) is 5. The number of halogens is 1. The average molecular weight is 415 g/mol. The number of amides is 2. The predicted octanol–water partition coefficient (Wildman–Crippen LogP) is 3.17. The van der Waals surface area contributed by atoms with E-state index in [1.807, 2.05) is 6.92 Å². The quantitative estimate of drug-likeness (QED) is 0.659. The Kier molecular flexibility index (Phi) is 7.69. The number of thiazole rings is 1. The van der Waals surface area contributed by atoms with E-state index in [2.05, 4.69) is 15.6 Å². The van der Waals surface area contributed by atoms with Gasteiger partial charge >= 0.3 is 6.03 Å². The van der Waals surface area contributed by atoms with Gasteiger partial charge in [0.15, 0.2) is 5.13 Å². The lowest BCUT2D eigenvalue weighted by atomic mass is 10.2. The van der Waals surface area contributed by atoms with Crippen LogP contribution in [0.25, 0.3) is 0 Å². The molecule has 0 atom stereocenters. The molecule has 0 aliphatic rings. The van der Waals surface area contributed by atoms with E-state index in [1.165, 1.54) is 34.8 Å². The van der Waals surface area contributed by atoms with Gasteiger partial charge in [0.05, 0.1) is 18.0 Å². The van der Waals surface area contributed by atoms with E-state index in [4.69, 9.17) is 0 Å². The minimum absolute atomic E-state index is 0.109. The molecule has 0 radical (unpaired) electrons. The average Bonchev–Trinajstić information content (AvgIpc) is 3.05. The molecule has 2 rings (SSSR count). The van der Waals surface area contributed by atoms with E-state index in [9.17, 15) is 17.6 Å². The van der Waals surface area contributed by atoms with Crippen molar-refractivity contribution >= 4 is 32.5 Å². The van der Waals surface area contributed by atoms with Crippen molar-refractivity contribution < 1.29 is 17.6 Å². The molecule has 27 heavy (non-hydrogen) atoms. The van der Waals surface area contributed by atoms with Gasteiger partial charge in [0, 0.05) is 19.0 Å². The summed E-state index contributed by atoms with van der Waals surface area (Å²) in [6.07, 6.45) is 1.42. The fourth-order valence-electron chi connectivity index (χ4n) is 2.22. The smallest absolute Gasteiger partial charge is 0.321 e. The summed E-state index contributed by atoms with van der Waals surface area (Å²) >= 11 is 1.21. The first kappa shape index (κ1) is 21.3. The van der Waals surface area contributed by atoms with Crippen LogP contribution in [-0.2, 0) is 23.1 Å². The number of rotatable bonds is 9. The number of nitrogens with one attached hydrogen (secondary N) is 2. The maximum Gasteiger partial charge on any atom is 0.321 e. The number of sulfonamides is 1. The molecule has 7 nitrogen and oxygen atoms in total. The molecule has 0 saturated carbocycles. The number of unbranched alkanes of at least 4 members (excludes halogenated alkanes) is 1. The summed E-state index contributed by atoms with van der Waals surface area (Å²) in [6.45, 7) is 2.27. The third-order valence-electron chi connectivity index (χ3n) is 3.73. The summed E-state index contributed by atoms with van der Waals surface area (Å²) in [5.74, 6) is -0.255. The lowest BCUT2D eigenvalue weighted by molar-refractivity contribution is 0.251. The van der Waals surface area contributed by atoms with E-state index >= 15 is 0 Å². The maximum atomic E-state index is 13.1. The fourth-order valence-corrected chi connectivity index (χ4v) is 4.21. The number of carbonyl (C=O) groups is 1. The van der Waals surface area contributed by atoms with Crippen LogP contribution in [0, 0.1) is 5.82 Å². The van der Waals surface area contributed by atoms with Gasteiger partial charge in [0.25, 0.3) is 0 Å². The summed E-state index contributed by atoms with van der Waals surface area (Å²) in [6, 6.07) is 5.49. The van der Waals surface area contributed by atoms with Crippen molar-refractivity contribution in [1.82, 2.24) is 14.6 Å². The number of carbonyl (C=O) groups excluding carboxylic acids is 1. The van der Waals surface area contributed by atoms with Crippen LogP contribution in [0.3, 0.4) is 0 Å². The molecule has 10 heteroatoms. The maximum absolute atomic E-state index is 13.1. The zero-order chi connectivity index (χ0) is 19.9. The van der Waals surface area contributed by atoms with Crippen LogP contribution in [0.5, 0.6) is 0 Å². The fraction of sp³-hybridized carbons (Fsp3) is 0.412. The van der Waals surface area contributed by atoms with Gasteiger partial charge in [-0.2, -0.15) is 4.31 Å². The Morgan fingerprint density at radius 3 is 2.85 bits per heavy atom. The molecule has 0 bridgehead atoms. The Labute approximate surface area is 162 Å². The lowest BCUT2D eigenvalue weighted by Gasteiger charge is -2.15. The van der Waals surface area contributed by atoms with Crippen LogP contribution in [0.1, 0.15) is 31.0 Å². The molecular formula is C17H23FN4O3S2. The second-order valence-corrected chi connectivity index (χ2v) is 9.06. The molecule has 1 aromatic carbocycles. The standard InChI is InChI=1S/C17H23FN4O3S2/c1-3-4-8-27(24,25)22(2)11-15-12-26-17(20-15)21-16(23)19-10-13-6-5-7-14(18)9-13/h5-7,9,12H,3-4,8,10-11H2,1-2H3,(H2,19,20,21,23). The minimum Gasteiger partial charge on any atom is -0.334 e. The third-order valence-corrected chi connectivity index (χ3v) is 6.42. The van der Waals surface area contributed by atoms with Crippen molar-refractivity contribution in [3.63, 3.8) is 0 Å². The van der Waals surface area contributed by atoms with E-state index in [1.54, 1.807) is 17.5 Å². The highest BCUT2D eigenvalue weighted by atomic mass is 32.2. The van der Waals surface area contributed by atoms with Crippen LogP contribution in [-0.4, -0.2) is 36.5 Å². The van der Waals surface area contributed by atoms with E-state index in [0.29, 0.717) is 22.8 Å². The van der Waals surface area contributed by atoms with Crippen molar-refractivity contribution in [2.24, 2.45) is 0 Å². The van der Waals surface area contributed by atoms with Crippen LogP contribution < -0.4 is 10.6 Å². The molecule has 0 fully saturated rings. The molecule has 0 aliphatic carbocycles. The van der Waals surface area contributed by atoms with Crippen LogP contribution in [0.4, 0.5) is 14.3 Å². The first-order valence-electron chi connectivity index (χ1n) is 8.48. The normalized spacial score (nSPS) is 11.6. The lowest BCUT2D eigenvalue weighted by Crippen LogP contribution is -2.29. The molecule has 0 unspecified atom stereocenters. The largest absolute Gasteiger partial charge is 0.334 e. The molecule has 2 aromatic rings. The second kappa shape index (κ2) is 9.77. The van der Waals surface area contributed by atoms with E-state index < -0.39 is 16.1 Å². The van der Waals surface area contributed by atoms with Gasteiger partial charge in [-0.1, -0.05) is 25.5 Å². The van der Waals surface area contributed by atoms with E-state index in [-0.39, 0.29) is 24.7 Å². The Hall–Kier alpha value is -2.04. The molecule has 0 saturated heterocycles. The first-order valence-corrected chi connectivity index (χ1v) is 11.0. The van der Waals surface area contributed by atoms with Gasteiger partial charge in [0.1, 0.15) is 5.82 Å². The van der Waals surface area contributed by atoms with Crippen LogP contribution in [0.15, 0.2) is 29.6 Å². The van der Waals surface area contributed by atoms with Crippen LogP contribution in [0.2, 0.25) is 0 Å². The number of aromatic nitrogens is 1. The Bertz CT molecular complexity index is 871. The molecule has 0 spiro atoms. The topological polar surface area (TPSA) is 91.4 Å². The summed E-state index contributed by atoms with van der Waals surface area (Å²) in [5.41, 5.74) is 1.20. The molecule has 2 amide bonds. The Balaban J connectivity index is 1.85. The number of benzene rings is 1. The molecule has 1 heterocycles. The Morgan fingerprint density at radius 2 is 2.15 bits per heavy atom. The van der Waals surface area contributed by atoms with Gasteiger partial charge in [0.2, 0.25) is 10.0 Å². The van der Waals surface area contributed by atoms with Crippen LogP contribution >= 0.6 is 11.3 Å². The summed E-state index contributed by atoms with van der Waals surface area (Å²) in [5, 5.41) is 7.27. The van der Waals surface area contributed by atoms with Crippen molar-refractivity contribution in [3.8, 4) is 0 Å². The number of nitrogens with zero attached hydrogens (tertiary/aromatic N) is 2. The number of hydrogen-bond donors (Lipinski definition) is 2. The molecule has 148 valence electrons. The van der Waals surface area contributed by atoms with Gasteiger partial charge in [-0.15, -0.1) is 11.3 Å². The zero-order valence-electron chi connectivity index (χ0n) is 15.2. The molecule has 2 N–H and O–H groups in total. The monoisotopic (exact) mass is 414 g/mol. The van der Waals surface area contributed by atoms with E-state index in [0.717, 1.165) is 6.42 Å². The highest BCUT2D eigenvalue weighted by Crippen LogP contribution is 2.17.